The van der Waals surface area contributed by atoms with Gasteiger partial charge in [0.15, 0.2) is 0 Å². The van der Waals surface area contributed by atoms with Gasteiger partial charge in [-0.25, -0.2) is 4.98 Å². The Hall–Kier alpha value is -0.580. The first-order chi connectivity index (χ1) is 5.36. The molecule has 0 saturated heterocycles. The Morgan fingerprint density at radius 2 is 2.15 bits per heavy atom. The van der Waals surface area contributed by atoms with Crippen molar-refractivity contribution < 1.29 is 4.74 Å². The Labute approximate surface area is 89.7 Å². The Bertz CT molecular complexity index is 235. The number of halogens is 2. The number of methoxy groups -OCH3 is 1. The second-order valence-electron chi connectivity index (χ2n) is 2.05. The van der Waals surface area contributed by atoms with Crippen LogP contribution < -0.4 is 10.5 Å². The maximum absolute atomic E-state index is 5.33. The average Bonchev–Trinajstić information content (AvgIpc) is 2.06. The molecule has 76 valence electrons. The van der Waals surface area contributed by atoms with Crippen LogP contribution in [0.1, 0.15) is 5.82 Å². The predicted molar refractivity (Wildman–Crippen MR) is 55.8 cm³/mol. The lowest BCUT2D eigenvalue weighted by molar-refractivity contribution is 0.394. The van der Waals surface area contributed by atoms with Crippen LogP contribution in [0.3, 0.4) is 0 Å². The molecule has 1 rings (SSSR count). The number of rotatable bonds is 3. The number of aromatic nitrogens is 2. The molecule has 0 atom stereocenters. The van der Waals surface area contributed by atoms with E-state index in [0.717, 1.165) is 5.82 Å². The van der Waals surface area contributed by atoms with Gasteiger partial charge in [-0.05, 0) is 6.54 Å². The van der Waals surface area contributed by atoms with E-state index < -0.39 is 0 Å². The van der Waals surface area contributed by atoms with Crippen molar-refractivity contribution in [3.8, 4) is 5.88 Å². The summed E-state index contributed by atoms with van der Waals surface area (Å²) in [6.45, 7) is 0.563. The zero-order valence-corrected chi connectivity index (χ0v) is 8.90. The van der Waals surface area contributed by atoms with Crippen molar-refractivity contribution in [2.75, 3.05) is 13.7 Å². The van der Waals surface area contributed by atoms with Crippen molar-refractivity contribution in [1.82, 2.24) is 9.97 Å². The van der Waals surface area contributed by atoms with E-state index in [1.54, 1.807) is 19.4 Å². The third kappa shape index (κ3) is 4.87. The van der Waals surface area contributed by atoms with Crippen LogP contribution in [0.5, 0.6) is 5.88 Å². The van der Waals surface area contributed by atoms with Crippen LogP contribution in [-0.4, -0.2) is 23.6 Å². The lowest BCUT2D eigenvalue weighted by atomic mass is 10.4. The maximum atomic E-state index is 5.33. The monoisotopic (exact) mass is 225 g/mol. The molecule has 1 aromatic rings. The van der Waals surface area contributed by atoms with Crippen molar-refractivity contribution in [3.63, 3.8) is 0 Å². The third-order valence-electron chi connectivity index (χ3n) is 1.26. The fourth-order valence-electron chi connectivity index (χ4n) is 0.744. The van der Waals surface area contributed by atoms with Gasteiger partial charge in [-0.15, -0.1) is 24.8 Å². The molecule has 0 aliphatic heterocycles. The van der Waals surface area contributed by atoms with Gasteiger partial charge in [-0.2, -0.15) is 4.98 Å². The van der Waals surface area contributed by atoms with E-state index >= 15 is 0 Å². The van der Waals surface area contributed by atoms with E-state index in [1.165, 1.54) is 0 Å². The number of hydrogen-bond donors (Lipinski definition) is 1. The summed E-state index contributed by atoms with van der Waals surface area (Å²) in [5.74, 6) is 1.32. The quantitative estimate of drug-likeness (QED) is 0.829. The first-order valence-electron chi connectivity index (χ1n) is 3.43. The molecule has 6 heteroatoms. The van der Waals surface area contributed by atoms with Crippen molar-refractivity contribution in [1.29, 1.82) is 0 Å². The largest absolute Gasteiger partial charge is 0.481 e. The minimum absolute atomic E-state index is 0. The first kappa shape index (κ1) is 14.9. The summed E-state index contributed by atoms with van der Waals surface area (Å²) in [5, 5.41) is 0. The maximum Gasteiger partial charge on any atom is 0.216 e. The molecule has 0 amide bonds. The Morgan fingerprint density at radius 3 is 2.69 bits per heavy atom. The van der Waals surface area contributed by atoms with Crippen LogP contribution in [0.2, 0.25) is 0 Å². The molecular formula is C7H13Cl2N3O. The van der Waals surface area contributed by atoms with Gasteiger partial charge in [0.05, 0.1) is 7.11 Å². The summed E-state index contributed by atoms with van der Waals surface area (Å²) in [7, 11) is 1.58. The van der Waals surface area contributed by atoms with E-state index in [1.807, 2.05) is 0 Å². The van der Waals surface area contributed by atoms with E-state index in [0.29, 0.717) is 18.8 Å². The molecule has 0 saturated carbocycles. The van der Waals surface area contributed by atoms with Gasteiger partial charge in [-0.1, -0.05) is 0 Å². The van der Waals surface area contributed by atoms with Gasteiger partial charge in [0.2, 0.25) is 5.88 Å². The predicted octanol–water partition coefficient (Wildman–Crippen LogP) is 0.830. The van der Waals surface area contributed by atoms with E-state index in [-0.39, 0.29) is 24.8 Å². The highest BCUT2D eigenvalue weighted by Gasteiger charge is 1.96. The van der Waals surface area contributed by atoms with Crippen LogP contribution >= 0.6 is 24.8 Å². The summed E-state index contributed by atoms with van der Waals surface area (Å²) >= 11 is 0. The van der Waals surface area contributed by atoms with Gasteiger partial charge in [-0.3, -0.25) is 0 Å². The fraction of sp³-hybridized carbons (Fsp3) is 0.429. The highest BCUT2D eigenvalue weighted by atomic mass is 35.5. The van der Waals surface area contributed by atoms with E-state index in [9.17, 15) is 0 Å². The van der Waals surface area contributed by atoms with Crippen molar-refractivity contribution in [3.05, 3.63) is 18.1 Å². The first-order valence-corrected chi connectivity index (χ1v) is 3.43. The molecule has 2 N–H and O–H groups in total. The standard InChI is InChI=1S/C7H11N3O.2ClH/c1-11-7-3-5-9-6(10-7)2-4-8;;/h3,5H,2,4,8H2,1H3;2*1H. The lowest BCUT2D eigenvalue weighted by Gasteiger charge is -1.99. The molecule has 4 nitrogen and oxygen atoms in total. The summed E-state index contributed by atoms with van der Waals surface area (Å²) in [4.78, 5) is 8.07. The van der Waals surface area contributed by atoms with Crippen LogP contribution in [0.15, 0.2) is 12.3 Å². The highest BCUT2D eigenvalue weighted by Crippen LogP contribution is 2.03. The SMILES string of the molecule is COc1ccnc(CCN)n1.Cl.Cl. The second kappa shape index (κ2) is 8.04. The summed E-state index contributed by atoms with van der Waals surface area (Å²) in [5.41, 5.74) is 5.33. The summed E-state index contributed by atoms with van der Waals surface area (Å²) < 4.78 is 4.91. The van der Waals surface area contributed by atoms with Crippen LogP contribution in [0.25, 0.3) is 0 Å². The minimum atomic E-state index is 0. The van der Waals surface area contributed by atoms with Crippen LogP contribution in [-0.2, 0) is 6.42 Å². The number of ether oxygens (including phenoxy) is 1. The van der Waals surface area contributed by atoms with Crippen molar-refractivity contribution >= 4 is 24.8 Å². The third-order valence-corrected chi connectivity index (χ3v) is 1.26. The zero-order chi connectivity index (χ0) is 8.10. The summed E-state index contributed by atoms with van der Waals surface area (Å²) in [6, 6.07) is 1.71. The molecular weight excluding hydrogens is 213 g/mol. The number of nitrogens with two attached hydrogens (primary N) is 1. The molecule has 0 unspecified atom stereocenters. The molecule has 0 bridgehead atoms. The van der Waals surface area contributed by atoms with Gasteiger partial charge < -0.3 is 10.5 Å². The average molecular weight is 226 g/mol. The Morgan fingerprint density at radius 1 is 1.46 bits per heavy atom. The van der Waals surface area contributed by atoms with Crippen LogP contribution in [0.4, 0.5) is 0 Å². The Balaban J connectivity index is 0. The smallest absolute Gasteiger partial charge is 0.216 e. The molecule has 0 spiro atoms. The van der Waals surface area contributed by atoms with Gasteiger partial charge >= 0.3 is 0 Å². The summed E-state index contributed by atoms with van der Waals surface area (Å²) in [6.07, 6.45) is 2.36. The molecule has 13 heavy (non-hydrogen) atoms. The highest BCUT2D eigenvalue weighted by molar-refractivity contribution is 5.85. The molecule has 0 aromatic carbocycles. The second-order valence-corrected chi connectivity index (χ2v) is 2.05. The zero-order valence-electron chi connectivity index (χ0n) is 7.27. The molecule has 0 radical (unpaired) electrons. The molecule has 0 aliphatic rings. The number of nitrogens with zero attached hydrogens (tertiary/aromatic N) is 2. The Kier molecular flexibility index (Phi) is 9.22. The molecule has 0 aliphatic carbocycles. The molecule has 0 fully saturated rings. The van der Waals surface area contributed by atoms with Gasteiger partial charge in [0.25, 0.3) is 0 Å². The molecule has 1 heterocycles. The van der Waals surface area contributed by atoms with E-state index in [4.69, 9.17) is 10.5 Å². The number of hydrogen-bond acceptors (Lipinski definition) is 4. The normalized spacial score (nSPS) is 8.15. The van der Waals surface area contributed by atoms with E-state index in [2.05, 4.69) is 9.97 Å². The topological polar surface area (TPSA) is 61.0 Å². The van der Waals surface area contributed by atoms with Crippen molar-refractivity contribution in [2.24, 2.45) is 5.73 Å². The van der Waals surface area contributed by atoms with Gasteiger partial charge in [0, 0.05) is 18.7 Å². The van der Waals surface area contributed by atoms with Crippen LogP contribution in [0, 0.1) is 0 Å². The lowest BCUT2D eigenvalue weighted by Crippen LogP contribution is -2.06. The fourth-order valence-corrected chi connectivity index (χ4v) is 0.744. The molecule has 1 aromatic heterocycles. The van der Waals surface area contributed by atoms with Crippen molar-refractivity contribution in [2.45, 2.75) is 6.42 Å². The van der Waals surface area contributed by atoms with Gasteiger partial charge in [0.1, 0.15) is 5.82 Å². The minimum Gasteiger partial charge on any atom is -0.481 e.